The van der Waals surface area contributed by atoms with E-state index in [0.717, 1.165) is 31.6 Å². The molecule has 1 fully saturated rings. The van der Waals surface area contributed by atoms with Gasteiger partial charge in [0.1, 0.15) is 35.5 Å². The molecule has 0 unspecified atom stereocenters. The molecule has 0 saturated carbocycles. The van der Waals surface area contributed by atoms with Gasteiger partial charge in [0.15, 0.2) is 0 Å². The fourth-order valence-corrected chi connectivity index (χ4v) is 5.12. The summed E-state index contributed by atoms with van der Waals surface area (Å²) in [4.78, 5) is 20.2. The number of anilines is 1. The van der Waals surface area contributed by atoms with Crippen LogP contribution >= 0.6 is 0 Å². The summed E-state index contributed by atoms with van der Waals surface area (Å²) in [6.07, 6.45) is -3.40. The van der Waals surface area contributed by atoms with Crippen molar-refractivity contribution >= 4 is 22.5 Å². The molecule has 11 heteroatoms. The number of nitrogens with zero attached hydrogens (tertiary/aromatic N) is 4. The second-order valence-corrected chi connectivity index (χ2v) is 10.3. The van der Waals surface area contributed by atoms with E-state index < -0.39 is 6.36 Å². The molecular weight excluding hydrogens is 552 g/mol. The maximum atomic E-state index is 15.4. The van der Waals surface area contributed by atoms with Crippen molar-refractivity contribution in [1.82, 2.24) is 14.5 Å². The van der Waals surface area contributed by atoms with E-state index in [-0.39, 0.29) is 30.5 Å². The number of para-hydroxylation sites is 1. The SMILES string of the molecule is CC(=O)CCCN1CCN(c2cc3c(cc2F)nc(COc2ccccc2)n3Cc2ccc(OC(F)(F)F)cc2)CC1. The minimum atomic E-state index is -4.77. The third-order valence-electron chi connectivity index (χ3n) is 7.22. The molecule has 0 radical (unpaired) electrons. The number of rotatable bonds is 11. The zero-order valence-electron chi connectivity index (χ0n) is 23.2. The number of hydrogen-bond donors (Lipinski definition) is 0. The molecule has 2 heterocycles. The van der Waals surface area contributed by atoms with Crippen LogP contribution < -0.4 is 14.4 Å². The standard InChI is InChI=1S/C31H32F4N4O3/c1-22(40)6-5-13-37-14-16-38(17-15-37)28-19-29-27(18-26(28)32)36-30(21-41-24-7-3-2-4-8-24)39(29)20-23-9-11-25(12-10-23)42-31(33,34)35/h2-4,7-12,18-19H,5-6,13-17,20-21H2,1H3. The van der Waals surface area contributed by atoms with Gasteiger partial charge in [-0.05, 0) is 55.8 Å². The first-order chi connectivity index (χ1) is 20.1. The zero-order valence-corrected chi connectivity index (χ0v) is 23.2. The van der Waals surface area contributed by atoms with Crippen LogP contribution in [0, 0.1) is 5.82 Å². The van der Waals surface area contributed by atoms with E-state index in [4.69, 9.17) is 4.74 Å². The molecule has 42 heavy (non-hydrogen) atoms. The number of Topliss-reactive ketones (excluding diaryl/α,β-unsaturated/α-hetero) is 1. The summed E-state index contributed by atoms with van der Waals surface area (Å²) >= 11 is 0. The zero-order chi connectivity index (χ0) is 29.7. The van der Waals surface area contributed by atoms with Crippen molar-refractivity contribution in [3.05, 3.63) is 83.9 Å². The van der Waals surface area contributed by atoms with Crippen molar-refractivity contribution in [2.75, 3.05) is 37.6 Å². The Balaban J connectivity index is 1.40. The normalized spacial score (nSPS) is 14.4. The molecule has 1 saturated heterocycles. The van der Waals surface area contributed by atoms with E-state index in [1.165, 1.54) is 18.2 Å². The summed E-state index contributed by atoms with van der Waals surface area (Å²) in [6, 6.07) is 18.1. The number of imidazole rings is 1. The lowest BCUT2D eigenvalue weighted by atomic mass is 10.2. The monoisotopic (exact) mass is 584 g/mol. The fourth-order valence-electron chi connectivity index (χ4n) is 5.12. The molecule has 7 nitrogen and oxygen atoms in total. The van der Waals surface area contributed by atoms with Crippen molar-refractivity contribution in [2.24, 2.45) is 0 Å². The van der Waals surface area contributed by atoms with Crippen molar-refractivity contribution < 1.29 is 31.8 Å². The Morgan fingerprint density at radius 3 is 2.33 bits per heavy atom. The molecule has 4 aromatic rings. The van der Waals surface area contributed by atoms with Gasteiger partial charge in [-0.15, -0.1) is 13.2 Å². The fraction of sp³-hybridized carbons (Fsp3) is 0.355. The van der Waals surface area contributed by atoms with Crippen LogP contribution in [0.15, 0.2) is 66.7 Å². The van der Waals surface area contributed by atoms with E-state index >= 15 is 4.39 Å². The number of halogens is 4. The van der Waals surface area contributed by atoms with Crippen LogP contribution in [0.4, 0.5) is 23.2 Å². The molecule has 0 amide bonds. The van der Waals surface area contributed by atoms with Crippen LogP contribution in [-0.2, 0) is 17.9 Å². The smallest absolute Gasteiger partial charge is 0.486 e. The van der Waals surface area contributed by atoms with E-state index in [1.54, 1.807) is 25.1 Å². The van der Waals surface area contributed by atoms with Crippen LogP contribution in [0.5, 0.6) is 11.5 Å². The average molecular weight is 585 g/mol. The molecule has 1 aliphatic heterocycles. The molecule has 0 spiro atoms. The summed E-state index contributed by atoms with van der Waals surface area (Å²) in [5, 5.41) is 0. The Labute approximate surface area is 241 Å². The van der Waals surface area contributed by atoms with E-state index in [9.17, 15) is 18.0 Å². The topological polar surface area (TPSA) is 59.8 Å². The molecule has 0 aliphatic carbocycles. The van der Waals surface area contributed by atoms with Gasteiger partial charge >= 0.3 is 6.36 Å². The number of hydrogen-bond acceptors (Lipinski definition) is 6. The van der Waals surface area contributed by atoms with Gasteiger partial charge in [0.2, 0.25) is 0 Å². The lowest BCUT2D eigenvalue weighted by molar-refractivity contribution is -0.274. The van der Waals surface area contributed by atoms with Crippen molar-refractivity contribution in [1.29, 1.82) is 0 Å². The highest BCUT2D eigenvalue weighted by Crippen LogP contribution is 2.30. The number of benzene rings is 3. The number of ketones is 1. The Morgan fingerprint density at radius 2 is 1.67 bits per heavy atom. The van der Waals surface area contributed by atoms with Gasteiger partial charge in [0.25, 0.3) is 0 Å². The number of carbonyl (C=O) groups excluding carboxylic acids is 1. The summed E-state index contributed by atoms with van der Waals surface area (Å²) in [5.74, 6) is 0.703. The van der Waals surface area contributed by atoms with Gasteiger partial charge in [-0.3, -0.25) is 4.90 Å². The second kappa shape index (κ2) is 12.8. The van der Waals surface area contributed by atoms with Crippen molar-refractivity contribution in [3.63, 3.8) is 0 Å². The van der Waals surface area contributed by atoms with Crippen LogP contribution in [-0.4, -0.2) is 59.3 Å². The quantitative estimate of drug-likeness (QED) is 0.196. The summed E-state index contributed by atoms with van der Waals surface area (Å²) in [6.45, 7) is 5.63. The molecule has 3 aromatic carbocycles. The lowest BCUT2D eigenvalue weighted by Gasteiger charge is -2.36. The van der Waals surface area contributed by atoms with Crippen LogP contribution in [0.3, 0.4) is 0 Å². The molecule has 1 aliphatic rings. The number of aromatic nitrogens is 2. The largest absolute Gasteiger partial charge is 0.573 e. The first kappa shape index (κ1) is 29.4. The van der Waals surface area contributed by atoms with Crippen LogP contribution in [0.25, 0.3) is 11.0 Å². The molecule has 0 atom stereocenters. The molecule has 0 N–H and O–H groups in total. The molecule has 5 rings (SSSR count). The maximum Gasteiger partial charge on any atom is 0.573 e. The van der Waals surface area contributed by atoms with Crippen molar-refractivity contribution in [2.45, 2.75) is 39.3 Å². The minimum Gasteiger partial charge on any atom is -0.486 e. The predicted octanol–water partition coefficient (Wildman–Crippen LogP) is 6.19. The first-order valence-corrected chi connectivity index (χ1v) is 13.8. The summed E-state index contributed by atoms with van der Waals surface area (Å²) < 4.78 is 65.2. The second-order valence-electron chi connectivity index (χ2n) is 10.3. The van der Waals surface area contributed by atoms with Gasteiger partial charge in [-0.1, -0.05) is 30.3 Å². The Bertz CT molecular complexity index is 1500. The summed E-state index contributed by atoms with van der Waals surface area (Å²) in [5.41, 5.74) is 2.34. The molecule has 222 valence electrons. The predicted molar refractivity (Wildman–Crippen MR) is 151 cm³/mol. The third-order valence-corrected chi connectivity index (χ3v) is 7.22. The number of alkyl halides is 3. The van der Waals surface area contributed by atoms with E-state index in [0.29, 0.717) is 47.8 Å². The van der Waals surface area contributed by atoms with Gasteiger partial charge in [-0.2, -0.15) is 0 Å². The Hall–Kier alpha value is -4.12. The van der Waals surface area contributed by atoms with Gasteiger partial charge in [0.05, 0.1) is 16.7 Å². The van der Waals surface area contributed by atoms with E-state index in [2.05, 4.69) is 14.6 Å². The van der Waals surface area contributed by atoms with Crippen LogP contribution in [0.2, 0.25) is 0 Å². The number of fused-ring (bicyclic) bond motifs is 1. The lowest BCUT2D eigenvalue weighted by Crippen LogP contribution is -2.47. The minimum absolute atomic E-state index is 0.115. The highest BCUT2D eigenvalue weighted by atomic mass is 19.4. The highest BCUT2D eigenvalue weighted by molar-refractivity contribution is 5.81. The van der Waals surface area contributed by atoms with Gasteiger partial charge < -0.3 is 23.7 Å². The third kappa shape index (κ3) is 7.58. The molecule has 1 aromatic heterocycles. The van der Waals surface area contributed by atoms with Gasteiger partial charge in [-0.25, -0.2) is 9.37 Å². The Morgan fingerprint density at radius 1 is 0.952 bits per heavy atom. The number of piperazine rings is 1. The van der Waals surface area contributed by atoms with Crippen molar-refractivity contribution in [3.8, 4) is 11.5 Å². The number of ether oxygens (including phenoxy) is 2. The summed E-state index contributed by atoms with van der Waals surface area (Å²) in [7, 11) is 0. The van der Waals surface area contributed by atoms with Gasteiger partial charge in [0, 0.05) is 45.2 Å². The molecular formula is C31H32F4N4O3. The highest BCUT2D eigenvalue weighted by Gasteiger charge is 2.31. The first-order valence-electron chi connectivity index (χ1n) is 13.8. The molecule has 0 bridgehead atoms. The van der Waals surface area contributed by atoms with Crippen LogP contribution in [0.1, 0.15) is 31.2 Å². The Kier molecular flexibility index (Phi) is 8.96. The van der Waals surface area contributed by atoms with E-state index in [1.807, 2.05) is 39.8 Å². The average Bonchev–Trinajstić information content (AvgIpc) is 3.28. The maximum absolute atomic E-state index is 15.4. The number of carbonyl (C=O) groups is 1.